The number of carbonyl (C=O) groups is 4. The summed E-state index contributed by atoms with van der Waals surface area (Å²) in [5, 5.41) is 0. The van der Waals surface area contributed by atoms with Crippen LogP contribution >= 0.6 is 0 Å². The third kappa shape index (κ3) is 15.2. The summed E-state index contributed by atoms with van der Waals surface area (Å²) in [7, 11) is 1.66. The average molecular weight is 917 g/mol. The van der Waals surface area contributed by atoms with Gasteiger partial charge in [-0.05, 0) is 130 Å². The normalized spacial score (nSPS) is 13.3. The molecule has 5 rings (SSSR count). The van der Waals surface area contributed by atoms with E-state index in [1.807, 2.05) is 91.9 Å². The molecular weight excluding hydrogens is 853 g/mol. The molecule has 356 valence electrons. The minimum Gasteiger partial charge on any atom is -0.491 e. The third-order valence-electron chi connectivity index (χ3n) is 11.3. The largest absolute Gasteiger partial charge is 0.491 e. The molecule has 0 radical (unpaired) electrons. The Bertz CT molecular complexity index is 2370. The highest BCUT2D eigenvalue weighted by Gasteiger charge is 2.25. The first-order valence-electron chi connectivity index (χ1n) is 22.5. The lowest BCUT2D eigenvalue weighted by Crippen LogP contribution is -2.23. The van der Waals surface area contributed by atoms with E-state index < -0.39 is 36.2 Å². The summed E-state index contributed by atoms with van der Waals surface area (Å²) in [5.74, 6) is 0.824. The van der Waals surface area contributed by atoms with E-state index in [1.54, 1.807) is 27.9 Å². The molecule has 0 bridgehead atoms. The Hall–Kier alpha value is -6.66. The highest BCUT2D eigenvalue weighted by Crippen LogP contribution is 2.35. The standard InChI is InChI=1S/C55H64O12/c1-36(56)31-51(57)65-38(3)33-62-48-25-17-44(18-26-48)55(8,9)46-21-29-50(30-22-46)64-35-40(5)67-53(59)42-13-11-41(12-14-42)52(58)66-39(4)34-63-49-27-19-45(20-28-49)54(6,7)43-15-23-47(24-16-43)61-32-37(2)60-10/h11-30,37-40H,31-35H2,1-10H3. The van der Waals surface area contributed by atoms with Gasteiger partial charge in [-0.1, -0.05) is 76.2 Å². The molecule has 67 heavy (non-hydrogen) atoms. The molecule has 0 saturated carbocycles. The van der Waals surface area contributed by atoms with Crippen LogP contribution in [0.25, 0.3) is 0 Å². The number of hydrogen-bond donors (Lipinski definition) is 0. The molecule has 12 nitrogen and oxygen atoms in total. The van der Waals surface area contributed by atoms with Gasteiger partial charge in [0.25, 0.3) is 0 Å². The molecule has 0 saturated heterocycles. The summed E-state index contributed by atoms with van der Waals surface area (Å²) in [6, 6.07) is 37.6. The van der Waals surface area contributed by atoms with E-state index in [-0.39, 0.29) is 54.5 Å². The number of benzene rings is 5. The minimum atomic E-state index is -0.566. The predicted octanol–water partition coefficient (Wildman–Crippen LogP) is 10.3. The lowest BCUT2D eigenvalue weighted by molar-refractivity contribution is -0.151. The molecule has 5 aromatic carbocycles. The van der Waals surface area contributed by atoms with E-state index in [0.717, 1.165) is 28.0 Å². The van der Waals surface area contributed by atoms with Gasteiger partial charge >= 0.3 is 17.9 Å². The fraction of sp³-hybridized carbons (Fsp3) is 0.382. The molecule has 0 fully saturated rings. The molecule has 4 atom stereocenters. The van der Waals surface area contributed by atoms with Crippen LogP contribution in [0.4, 0.5) is 0 Å². The van der Waals surface area contributed by atoms with Crippen molar-refractivity contribution < 1.29 is 57.1 Å². The minimum absolute atomic E-state index is 0.0131. The Kier molecular flexibility index (Phi) is 18.1. The van der Waals surface area contributed by atoms with Gasteiger partial charge in [0.15, 0.2) is 0 Å². The number of rotatable bonds is 24. The zero-order chi connectivity index (χ0) is 48.7. The maximum atomic E-state index is 12.9. The summed E-state index contributed by atoms with van der Waals surface area (Å²) in [6.45, 7) is 18.0. The van der Waals surface area contributed by atoms with Crippen molar-refractivity contribution in [2.24, 2.45) is 0 Å². The Morgan fingerprint density at radius 1 is 0.418 bits per heavy atom. The smallest absolute Gasteiger partial charge is 0.338 e. The third-order valence-corrected chi connectivity index (χ3v) is 11.3. The van der Waals surface area contributed by atoms with E-state index >= 15 is 0 Å². The second-order valence-corrected chi connectivity index (χ2v) is 17.8. The van der Waals surface area contributed by atoms with Gasteiger partial charge in [-0.25, -0.2) is 9.59 Å². The second kappa shape index (κ2) is 23.7. The maximum absolute atomic E-state index is 12.9. The van der Waals surface area contributed by atoms with E-state index in [0.29, 0.717) is 29.4 Å². The molecule has 12 heteroatoms. The topological polar surface area (TPSA) is 142 Å². The van der Waals surface area contributed by atoms with Crippen LogP contribution in [0.2, 0.25) is 0 Å². The number of hydrogen-bond acceptors (Lipinski definition) is 12. The van der Waals surface area contributed by atoms with Crippen LogP contribution in [0.1, 0.15) is 112 Å². The number of Topliss-reactive ketones (excluding diaryl/α,β-unsaturated/α-hetero) is 1. The van der Waals surface area contributed by atoms with Gasteiger partial charge in [-0.15, -0.1) is 0 Å². The van der Waals surface area contributed by atoms with Crippen molar-refractivity contribution in [2.45, 2.75) is 104 Å². The molecule has 5 aromatic rings. The first-order chi connectivity index (χ1) is 31.8. The molecule has 0 N–H and O–H groups in total. The first-order valence-corrected chi connectivity index (χ1v) is 22.5. The van der Waals surface area contributed by atoms with Gasteiger partial charge < -0.3 is 37.9 Å². The lowest BCUT2D eigenvalue weighted by atomic mass is 9.78. The van der Waals surface area contributed by atoms with Gasteiger partial charge in [-0.2, -0.15) is 0 Å². The number of ketones is 1. The fourth-order valence-corrected chi connectivity index (χ4v) is 6.94. The monoisotopic (exact) mass is 916 g/mol. The summed E-state index contributed by atoms with van der Waals surface area (Å²) in [4.78, 5) is 48.8. The van der Waals surface area contributed by atoms with Crippen molar-refractivity contribution in [1.29, 1.82) is 0 Å². The molecule has 0 aromatic heterocycles. The first kappa shape index (κ1) is 51.3. The summed E-state index contributed by atoms with van der Waals surface area (Å²) in [6.07, 6.45) is -1.83. The highest BCUT2D eigenvalue weighted by atomic mass is 16.6. The van der Waals surface area contributed by atoms with Gasteiger partial charge in [0.1, 0.15) is 79.9 Å². The van der Waals surface area contributed by atoms with Crippen molar-refractivity contribution in [1.82, 2.24) is 0 Å². The van der Waals surface area contributed by atoms with E-state index in [4.69, 9.17) is 37.9 Å². The van der Waals surface area contributed by atoms with Gasteiger partial charge in [-0.3, -0.25) is 9.59 Å². The van der Waals surface area contributed by atoms with Crippen LogP contribution in [-0.2, 0) is 39.4 Å². The molecule has 0 aliphatic carbocycles. The number of carbonyl (C=O) groups excluding carboxylic acids is 4. The zero-order valence-corrected chi connectivity index (χ0v) is 40.3. The molecule has 0 amide bonds. The fourth-order valence-electron chi connectivity index (χ4n) is 6.94. The zero-order valence-electron chi connectivity index (χ0n) is 40.3. The Morgan fingerprint density at radius 2 is 0.687 bits per heavy atom. The summed E-state index contributed by atoms with van der Waals surface area (Å²) < 4.78 is 45.2. The van der Waals surface area contributed by atoms with Crippen LogP contribution in [0.15, 0.2) is 121 Å². The van der Waals surface area contributed by atoms with E-state index in [1.165, 1.54) is 31.2 Å². The molecule has 0 aliphatic rings. The van der Waals surface area contributed by atoms with Gasteiger partial charge in [0.2, 0.25) is 0 Å². The van der Waals surface area contributed by atoms with Crippen LogP contribution in [-0.4, -0.2) is 81.6 Å². The molecule has 0 spiro atoms. The van der Waals surface area contributed by atoms with E-state index in [9.17, 15) is 19.2 Å². The molecular formula is C55H64O12. The molecule has 0 heterocycles. The quantitative estimate of drug-likeness (QED) is 0.0330. The number of esters is 3. The SMILES string of the molecule is COC(C)COc1ccc(C(C)(C)c2ccc(OCC(C)OC(=O)c3ccc(C(=O)OC(C)COc4ccc(C(C)(C)c5ccc(OCC(C)OC(=O)CC(C)=O)cc5)cc4)cc3)cc2)cc1. The van der Waals surface area contributed by atoms with Crippen LogP contribution in [0.3, 0.4) is 0 Å². The van der Waals surface area contributed by atoms with Crippen molar-refractivity contribution >= 4 is 23.7 Å². The van der Waals surface area contributed by atoms with Gasteiger partial charge in [0, 0.05) is 17.9 Å². The lowest BCUT2D eigenvalue weighted by Gasteiger charge is -2.26. The Morgan fingerprint density at radius 3 is 0.955 bits per heavy atom. The van der Waals surface area contributed by atoms with Crippen molar-refractivity contribution in [3.63, 3.8) is 0 Å². The van der Waals surface area contributed by atoms with Crippen molar-refractivity contribution in [3.05, 3.63) is 155 Å². The summed E-state index contributed by atoms with van der Waals surface area (Å²) in [5.41, 5.74) is 4.38. The number of methoxy groups -OCH3 is 1. The summed E-state index contributed by atoms with van der Waals surface area (Å²) >= 11 is 0. The molecule has 0 aliphatic heterocycles. The second-order valence-electron chi connectivity index (χ2n) is 17.8. The van der Waals surface area contributed by atoms with Crippen molar-refractivity contribution in [2.75, 3.05) is 33.5 Å². The molecule has 4 unspecified atom stereocenters. The van der Waals surface area contributed by atoms with Crippen LogP contribution in [0.5, 0.6) is 23.0 Å². The van der Waals surface area contributed by atoms with Crippen LogP contribution in [0, 0.1) is 0 Å². The Balaban J connectivity index is 1.02. The number of ether oxygens (including phenoxy) is 8. The predicted molar refractivity (Wildman–Crippen MR) is 256 cm³/mol. The van der Waals surface area contributed by atoms with Gasteiger partial charge in [0.05, 0.1) is 17.2 Å². The van der Waals surface area contributed by atoms with E-state index in [2.05, 4.69) is 39.8 Å². The Labute approximate surface area is 394 Å². The van der Waals surface area contributed by atoms with Crippen LogP contribution < -0.4 is 18.9 Å². The van der Waals surface area contributed by atoms with Crippen molar-refractivity contribution in [3.8, 4) is 23.0 Å². The highest BCUT2D eigenvalue weighted by molar-refractivity contribution is 5.94. The maximum Gasteiger partial charge on any atom is 0.338 e. The average Bonchev–Trinajstić information content (AvgIpc) is 3.31.